The largest absolute Gasteiger partial charge is 0.573 e. The Kier molecular flexibility index (Phi) is 6.44. The van der Waals surface area contributed by atoms with Crippen LogP contribution in [0.25, 0.3) is 0 Å². The number of hydrogen-bond donors (Lipinski definition) is 2. The van der Waals surface area contributed by atoms with Crippen molar-refractivity contribution in [3.8, 4) is 11.5 Å². The van der Waals surface area contributed by atoms with Crippen LogP contribution in [0.1, 0.15) is 31.1 Å². The lowest BCUT2D eigenvalue weighted by molar-refractivity contribution is -0.275. The van der Waals surface area contributed by atoms with Crippen molar-refractivity contribution in [3.05, 3.63) is 23.8 Å². The second-order valence-electron chi connectivity index (χ2n) is 5.00. The zero-order chi connectivity index (χ0) is 18.5. The molecule has 24 heavy (non-hydrogen) atoms. The highest BCUT2D eigenvalue weighted by atomic mass is 19.4. The lowest BCUT2D eigenvalue weighted by Gasteiger charge is -2.21. The molecule has 0 saturated heterocycles. The zero-order valence-electron chi connectivity index (χ0n) is 13.3. The second-order valence-corrected chi connectivity index (χ2v) is 5.00. The summed E-state index contributed by atoms with van der Waals surface area (Å²) in [6, 6.07) is 2.52. The molecule has 0 heterocycles. The number of ether oxygens (including phenoxy) is 2. The summed E-state index contributed by atoms with van der Waals surface area (Å²) in [6.07, 6.45) is -5.07. The monoisotopic (exact) mass is 349 g/mol. The SMILES string of the molecule is CCOC(=O)[C@@H](C)[C@H](C)NC(=O)c1cccc(O)c1OC(F)(F)F. The van der Waals surface area contributed by atoms with E-state index in [2.05, 4.69) is 10.1 Å². The fourth-order valence-corrected chi connectivity index (χ4v) is 1.81. The quantitative estimate of drug-likeness (QED) is 0.771. The first-order valence-electron chi connectivity index (χ1n) is 7.12. The molecular formula is C15H18F3NO5. The Labute approximate surface area is 136 Å². The van der Waals surface area contributed by atoms with Gasteiger partial charge in [-0.1, -0.05) is 6.07 Å². The Balaban J connectivity index is 2.96. The lowest BCUT2D eigenvalue weighted by Crippen LogP contribution is -2.41. The summed E-state index contributed by atoms with van der Waals surface area (Å²) in [7, 11) is 0. The molecule has 0 spiro atoms. The molecule has 2 N–H and O–H groups in total. The average Bonchev–Trinajstić information content (AvgIpc) is 2.47. The van der Waals surface area contributed by atoms with E-state index < -0.39 is 47.3 Å². The molecule has 0 aliphatic heterocycles. The number of alkyl halides is 3. The number of aromatic hydroxyl groups is 1. The van der Waals surface area contributed by atoms with E-state index in [0.717, 1.165) is 12.1 Å². The Morgan fingerprint density at radius 1 is 1.29 bits per heavy atom. The molecule has 2 atom stereocenters. The number of nitrogens with one attached hydrogen (secondary N) is 1. The molecule has 0 unspecified atom stereocenters. The van der Waals surface area contributed by atoms with Crippen molar-refractivity contribution in [1.29, 1.82) is 0 Å². The minimum Gasteiger partial charge on any atom is -0.504 e. The molecule has 0 aromatic heterocycles. The van der Waals surface area contributed by atoms with E-state index in [1.54, 1.807) is 6.92 Å². The Morgan fingerprint density at radius 3 is 2.46 bits per heavy atom. The van der Waals surface area contributed by atoms with E-state index in [0.29, 0.717) is 0 Å². The smallest absolute Gasteiger partial charge is 0.504 e. The van der Waals surface area contributed by atoms with Crippen LogP contribution in [-0.4, -0.2) is 36.0 Å². The molecule has 134 valence electrons. The second kappa shape index (κ2) is 7.89. The number of phenols is 1. The zero-order valence-corrected chi connectivity index (χ0v) is 13.3. The van der Waals surface area contributed by atoms with Gasteiger partial charge in [0.15, 0.2) is 11.5 Å². The molecule has 9 heteroatoms. The van der Waals surface area contributed by atoms with Crippen molar-refractivity contribution in [3.63, 3.8) is 0 Å². The molecule has 0 aliphatic rings. The van der Waals surface area contributed by atoms with Gasteiger partial charge < -0.3 is 19.9 Å². The van der Waals surface area contributed by atoms with E-state index in [4.69, 9.17) is 4.74 Å². The molecule has 0 aliphatic carbocycles. The van der Waals surface area contributed by atoms with Gasteiger partial charge in [-0.05, 0) is 32.9 Å². The highest BCUT2D eigenvalue weighted by molar-refractivity contribution is 5.98. The number of amides is 1. The van der Waals surface area contributed by atoms with Crippen LogP contribution in [0.4, 0.5) is 13.2 Å². The molecule has 1 aromatic carbocycles. The third-order valence-electron chi connectivity index (χ3n) is 3.22. The summed E-state index contributed by atoms with van der Waals surface area (Å²) in [5.74, 6) is -4.01. The fourth-order valence-electron chi connectivity index (χ4n) is 1.81. The van der Waals surface area contributed by atoms with Gasteiger partial charge >= 0.3 is 12.3 Å². The summed E-state index contributed by atoms with van der Waals surface area (Å²) in [5.41, 5.74) is -0.504. The molecule has 1 rings (SSSR count). The number of rotatable bonds is 6. The number of esters is 1. The summed E-state index contributed by atoms with van der Waals surface area (Å²) in [4.78, 5) is 23.8. The van der Waals surface area contributed by atoms with E-state index in [9.17, 15) is 27.9 Å². The highest BCUT2D eigenvalue weighted by Gasteiger charge is 2.35. The number of para-hydroxylation sites is 1. The van der Waals surface area contributed by atoms with Gasteiger partial charge in [0.2, 0.25) is 0 Å². The Hall–Kier alpha value is -2.45. The topological polar surface area (TPSA) is 84.9 Å². The fraction of sp³-hybridized carbons (Fsp3) is 0.467. The number of benzene rings is 1. The van der Waals surface area contributed by atoms with Gasteiger partial charge in [-0.25, -0.2) is 0 Å². The van der Waals surface area contributed by atoms with Crippen molar-refractivity contribution in [2.45, 2.75) is 33.2 Å². The molecule has 0 saturated carbocycles. The third-order valence-corrected chi connectivity index (χ3v) is 3.22. The first kappa shape index (κ1) is 19.6. The first-order chi connectivity index (χ1) is 11.1. The van der Waals surface area contributed by atoms with Crippen LogP contribution in [0.2, 0.25) is 0 Å². The summed E-state index contributed by atoms with van der Waals surface area (Å²) < 4.78 is 45.8. The van der Waals surface area contributed by atoms with Crippen LogP contribution >= 0.6 is 0 Å². The standard InChI is InChI=1S/C15H18F3NO5/c1-4-23-14(22)8(2)9(3)19-13(21)10-6-5-7-11(20)12(10)24-15(16,17)18/h5-9,20H,4H2,1-3H3,(H,19,21)/t8-,9-/m0/s1. The van der Waals surface area contributed by atoms with Gasteiger partial charge in [0, 0.05) is 6.04 Å². The van der Waals surface area contributed by atoms with E-state index in [1.165, 1.54) is 19.9 Å². The molecule has 0 bridgehead atoms. The Bertz CT molecular complexity index is 603. The van der Waals surface area contributed by atoms with Crippen LogP contribution in [0.5, 0.6) is 11.5 Å². The minimum absolute atomic E-state index is 0.167. The van der Waals surface area contributed by atoms with Crippen LogP contribution in [0.3, 0.4) is 0 Å². The van der Waals surface area contributed by atoms with Crippen LogP contribution in [0, 0.1) is 5.92 Å². The maximum atomic E-state index is 12.4. The predicted octanol–water partition coefficient (Wildman–Crippen LogP) is 2.61. The lowest BCUT2D eigenvalue weighted by atomic mass is 10.0. The van der Waals surface area contributed by atoms with Crippen molar-refractivity contribution in [2.24, 2.45) is 5.92 Å². The van der Waals surface area contributed by atoms with Gasteiger partial charge in [-0.3, -0.25) is 9.59 Å². The number of carbonyl (C=O) groups excluding carboxylic acids is 2. The van der Waals surface area contributed by atoms with Gasteiger partial charge in [-0.15, -0.1) is 13.2 Å². The maximum Gasteiger partial charge on any atom is 0.573 e. The molecule has 0 fully saturated rings. The number of halogens is 3. The molecule has 6 nitrogen and oxygen atoms in total. The maximum absolute atomic E-state index is 12.4. The van der Waals surface area contributed by atoms with Crippen LogP contribution in [0.15, 0.2) is 18.2 Å². The molecular weight excluding hydrogens is 331 g/mol. The van der Waals surface area contributed by atoms with Crippen molar-refractivity contribution < 1.29 is 37.3 Å². The summed E-state index contributed by atoms with van der Waals surface area (Å²) >= 11 is 0. The van der Waals surface area contributed by atoms with Gasteiger partial charge in [0.05, 0.1) is 18.1 Å². The van der Waals surface area contributed by atoms with Gasteiger partial charge in [0.1, 0.15) is 0 Å². The number of hydrogen-bond acceptors (Lipinski definition) is 5. The first-order valence-corrected chi connectivity index (χ1v) is 7.12. The van der Waals surface area contributed by atoms with Crippen molar-refractivity contribution >= 4 is 11.9 Å². The van der Waals surface area contributed by atoms with E-state index in [-0.39, 0.29) is 6.61 Å². The van der Waals surface area contributed by atoms with E-state index in [1.807, 2.05) is 0 Å². The third kappa shape index (κ3) is 5.32. The molecule has 1 aromatic rings. The van der Waals surface area contributed by atoms with Crippen LogP contribution in [-0.2, 0) is 9.53 Å². The highest BCUT2D eigenvalue weighted by Crippen LogP contribution is 2.34. The molecule has 0 radical (unpaired) electrons. The average molecular weight is 349 g/mol. The Morgan fingerprint density at radius 2 is 1.92 bits per heavy atom. The van der Waals surface area contributed by atoms with Crippen molar-refractivity contribution in [1.82, 2.24) is 5.32 Å². The van der Waals surface area contributed by atoms with Gasteiger partial charge in [-0.2, -0.15) is 0 Å². The minimum atomic E-state index is -5.07. The molecule has 1 amide bonds. The predicted molar refractivity (Wildman–Crippen MR) is 77.5 cm³/mol. The number of carbonyl (C=O) groups is 2. The summed E-state index contributed by atoms with van der Waals surface area (Å²) in [5, 5.41) is 11.9. The number of phenolic OH excluding ortho intramolecular Hbond substituents is 1. The summed E-state index contributed by atoms with van der Waals surface area (Å²) in [6.45, 7) is 4.81. The van der Waals surface area contributed by atoms with Crippen molar-refractivity contribution in [2.75, 3.05) is 6.61 Å². The van der Waals surface area contributed by atoms with E-state index >= 15 is 0 Å². The normalized spacial score (nSPS) is 13.8. The van der Waals surface area contributed by atoms with Crippen LogP contribution < -0.4 is 10.1 Å². The van der Waals surface area contributed by atoms with Gasteiger partial charge in [0.25, 0.3) is 5.91 Å².